The van der Waals surface area contributed by atoms with E-state index >= 15 is 0 Å². The van der Waals surface area contributed by atoms with Crippen molar-refractivity contribution in [1.82, 2.24) is 25.3 Å². The van der Waals surface area contributed by atoms with Crippen LogP contribution in [0.25, 0.3) is 11.4 Å². The lowest BCUT2D eigenvalue weighted by atomic mass is 10.0. The van der Waals surface area contributed by atoms with Gasteiger partial charge < -0.3 is 14.6 Å². The summed E-state index contributed by atoms with van der Waals surface area (Å²) in [5, 5.41) is 6.95. The first kappa shape index (κ1) is 16.2. The van der Waals surface area contributed by atoms with Crippen molar-refractivity contribution >= 4 is 5.91 Å². The van der Waals surface area contributed by atoms with Crippen LogP contribution in [0, 0.1) is 0 Å². The molecule has 0 spiro atoms. The van der Waals surface area contributed by atoms with Crippen molar-refractivity contribution in [3.8, 4) is 11.4 Å². The van der Waals surface area contributed by atoms with Gasteiger partial charge in [0.05, 0.1) is 18.6 Å². The van der Waals surface area contributed by atoms with Crippen LogP contribution in [0.1, 0.15) is 24.7 Å². The van der Waals surface area contributed by atoms with Crippen LogP contribution in [0.2, 0.25) is 0 Å². The number of aromatic nitrogens is 3. The van der Waals surface area contributed by atoms with E-state index in [1.807, 2.05) is 12.1 Å². The minimum absolute atomic E-state index is 0.0375. The molecule has 0 bridgehead atoms. The molecular formula is C17H21N5O3. The lowest BCUT2D eigenvalue weighted by molar-refractivity contribution is -0.123. The highest BCUT2D eigenvalue weighted by Gasteiger charge is 2.33. The summed E-state index contributed by atoms with van der Waals surface area (Å²) in [6, 6.07) is 3.73. The molecule has 2 aliphatic heterocycles. The quantitative estimate of drug-likeness (QED) is 0.830. The fourth-order valence-corrected chi connectivity index (χ4v) is 3.16. The molecule has 4 heterocycles. The van der Waals surface area contributed by atoms with Gasteiger partial charge in [0.25, 0.3) is 0 Å². The molecule has 2 saturated heterocycles. The van der Waals surface area contributed by atoms with Gasteiger partial charge in [0.2, 0.25) is 17.6 Å². The molecule has 2 aromatic heterocycles. The predicted octanol–water partition coefficient (Wildman–Crippen LogP) is 0.826. The SMILES string of the molecule is O=C(CN1CC(c2nc(-c3cccnc3)no2)C1)NC[C@@H]1CCCO1. The number of hydrogen-bond acceptors (Lipinski definition) is 7. The number of amides is 1. The fraction of sp³-hybridized carbons (Fsp3) is 0.529. The maximum Gasteiger partial charge on any atom is 0.234 e. The summed E-state index contributed by atoms with van der Waals surface area (Å²) in [4.78, 5) is 22.5. The average molecular weight is 343 g/mol. The molecule has 2 fully saturated rings. The van der Waals surface area contributed by atoms with E-state index in [9.17, 15) is 4.79 Å². The maximum atomic E-state index is 12.0. The Hall–Kier alpha value is -2.32. The van der Waals surface area contributed by atoms with Crippen LogP contribution >= 0.6 is 0 Å². The molecule has 4 rings (SSSR count). The molecule has 25 heavy (non-hydrogen) atoms. The average Bonchev–Trinajstić information content (AvgIpc) is 3.28. The molecule has 1 N–H and O–H groups in total. The third kappa shape index (κ3) is 3.85. The van der Waals surface area contributed by atoms with Gasteiger partial charge in [0, 0.05) is 44.2 Å². The minimum atomic E-state index is 0.0375. The van der Waals surface area contributed by atoms with E-state index in [0.717, 1.165) is 38.1 Å². The Morgan fingerprint density at radius 2 is 2.32 bits per heavy atom. The van der Waals surface area contributed by atoms with Gasteiger partial charge in [0.15, 0.2) is 0 Å². The molecule has 8 heteroatoms. The first-order valence-electron chi connectivity index (χ1n) is 8.62. The standard InChI is InChI=1S/C17H21N5O3/c23-15(19-8-14-4-2-6-24-14)11-22-9-13(10-22)17-20-16(21-25-17)12-3-1-5-18-7-12/h1,3,5,7,13-14H,2,4,6,8-11H2,(H,19,23)/t14-/m0/s1. The molecule has 0 aliphatic carbocycles. The van der Waals surface area contributed by atoms with Gasteiger partial charge >= 0.3 is 0 Å². The largest absolute Gasteiger partial charge is 0.376 e. The van der Waals surface area contributed by atoms with Crippen molar-refractivity contribution in [2.45, 2.75) is 24.9 Å². The van der Waals surface area contributed by atoms with Gasteiger partial charge in [-0.05, 0) is 25.0 Å². The zero-order valence-electron chi connectivity index (χ0n) is 13.9. The number of carbonyl (C=O) groups excluding carboxylic acids is 1. The van der Waals surface area contributed by atoms with E-state index < -0.39 is 0 Å². The summed E-state index contributed by atoms with van der Waals surface area (Å²) in [5.74, 6) is 1.39. The highest BCUT2D eigenvalue weighted by Crippen LogP contribution is 2.27. The molecule has 0 aromatic carbocycles. The zero-order chi connectivity index (χ0) is 17.1. The Bertz CT molecular complexity index is 708. The van der Waals surface area contributed by atoms with E-state index in [4.69, 9.17) is 9.26 Å². The predicted molar refractivity (Wildman–Crippen MR) is 88.7 cm³/mol. The molecule has 0 unspecified atom stereocenters. The number of likely N-dealkylation sites (tertiary alicyclic amines) is 1. The molecule has 2 aromatic rings. The molecule has 0 saturated carbocycles. The Kier molecular flexibility index (Phi) is 4.71. The fourth-order valence-electron chi connectivity index (χ4n) is 3.16. The van der Waals surface area contributed by atoms with Crippen LogP contribution in [0.3, 0.4) is 0 Å². The molecular weight excluding hydrogens is 322 g/mol. The molecule has 1 amide bonds. The third-order valence-corrected chi connectivity index (χ3v) is 4.59. The van der Waals surface area contributed by atoms with Crippen molar-refractivity contribution < 1.29 is 14.1 Å². The lowest BCUT2D eigenvalue weighted by Crippen LogP contribution is -2.50. The number of pyridine rings is 1. The highest BCUT2D eigenvalue weighted by molar-refractivity contribution is 5.78. The van der Waals surface area contributed by atoms with Crippen molar-refractivity contribution in [1.29, 1.82) is 0 Å². The maximum absolute atomic E-state index is 12.0. The van der Waals surface area contributed by atoms with Crippen LogP contribution in [0.15, 0.2) is 29.0 Å². The van der Waals surface area contributed by atoms with Crippen LogP contribution in [0.5, 0.6) is 0 Å². The second-order valence-corrected chi connectivity index (χ2v) is 6.53. The topological polar surface area (TPSA) is 93.4 Å². The van der Waals surface area contributed by atoms with Gasteiger partial charge in [0.1, 0.15) is 0 Å². The van der Waals surface area contributed by atoms with E-state index in [-0.39, 0.29) is 17.9 Å². The van der Waals surface area contributed by atoms with Gasteiger partial charge in [-0.25, -0.2) is 0 Å². The van der Waals surface area contributed by atoms with E-state index in [1.165, 1.54) is 0 Å². The Labute approximate surface area is 145 Å². The highest BCUT2D eigenvalue weighted by atomic mass is 16.5. The number of nitrogens with one attached hydrogen (secondary N) is 1. The molecule has 132 valence electrons. The summed E-state index contributed by atoms with van der Waals surface area (Å²) in [6.45, 7) is 3.31. The second kappa shape index (κ2) is 7.28. The summed E-state index contributed by atoms with van der Waals surface area (Å²) in [7, 11) is 0. The number of carbonyl (C=O) groups is 1. The van der Waals surface area contributed by atoms with E-state index in [2.05, 4.69) is 25.3 Å². The third-order valence-electron chi connectivity index (χ3n) is 4.59. The number of hydrogen-bond donors (Lipinski definition) is 1. The van der Waals surface area contributed by atoms with Crippen LogP contribution in [-0.2, 0) is 9.53 Å². The minimum Gasteiger partial charge on any atom is -0.376 e. The summed E-state index contributed by atoms with van der Waals surface area (Å²) in [6.07, 6.45) is 5.71. The monoisotopic (exact) mass is 343 g/mol. The Morgan fingerprint density at radius 3 is 3.08 bits per heavy atom. The summed E-state index contributed by atoms with van der Waals surface area (Å²) >= 11 is 0. The molecule has 1 atom stereocenters. The van der Waals surface area contributed by atoms with Gasteiger partial charge in [-0.3, -0.25) is 14.7 Å². The van der Waals surface area contributed by atoms with Gasteiger partial charge in [-0.1, -0.05) is 5.16 Å². The van der Waals surface area contributed by atoms with Crippen LogP contribution in [0.4, 0.5) is 0 Å². The number of rotatable bonds is 6. The lowest BCUT2D eigenvalue weighted by Gasteiger charge is -2.36. The zero-order valence-corrected chi connectivity index (χ0v) is 13.9. The van der Waals surface area contributed by atoms with Crippen LogP contribution in [-0.4, -0.2) is 64.8 Å². The van der Waals surface area contributed by atoms with Crippen molar-refractivity contribution in [3.05, 3.63) is 30.4 Å². The van der Waals surface area contributed by atoms with E-state index in [1.54, 1.807) is 12.4 Å². The number of ether oxygens (including phenoxy) is 1. The summed E-state index contributed by atoms with van der Waals surface area (Å²) < 4.78 is 10.9. The van der Waals surface area contributed by atoms with Crippen molar-refractivity contribution in [2.24, 2.45) is 0 Å². The first-order valence-corrected chi connectivity index (χ1v) is 8.62. The second-order valence-electron chi connectivity index (χ2n) is 6.53. The smallest absolute Gasteiger partial charge is 0.234 e. The first-order chi connectivity index (χ1) is 12.3. The molecule has 0 radical (unpaired) electrons. The Morgan fingerprint density at radius 1 is 1.40 bits per heavy atom. The van der Waals surface area contributed by atoms with Crippen molar-refractivity contribution in [2.75, 3.05) is 32.8 Å². The molecule has 8 nitrogen and oxygen atoms in total. The number of nitrogens with zero attached hydrogens (tertiary/aromatic N) is 4. The normalized spacial score (nSPS) is 21.2. The van der Waals surface area contributed by atoms with Gasteiger partial charge in [-0.2, -0.15) is 4.98 Å². The van der Waals surface area contributed by atoms with Gasteiger partial charge in [-0.15, -0.1) is 0 Å². The van der Waals surface area contributed by atoms with Crippen molar-refractivity contribution in [3.63, 3.8) is 0 Å². The molecule has 2 aliphatic rings. The summed E-state index contributed by atoms with van der Waals surface area (Å²) in [5.41, 5.74) is 0.835. The van der Waals surface area contributed by atoms with E-state index in [0.29, 0.717) is 24.8 Å². The Balaban J connectivity index is 1.22. The van der Waals surface area contributed by atoms with Crippen LogP contribution < -0.4 is 5.32 Å².